The maximum absolute atomic E-state index is 12.8. The molecule has 10 heteroatoms. The van der Waals surface area contributed by atoms with Gasteiger partial charge >= 0.3 is 0 Å². The van der Waals surface area contributed by atoms with Gasteiger partial charge in [-0.05, 0) is 30.3 Å². The number of aliphatic hydroxyl groups is 1. The molecule has 1 aliphatic heterocycles. The molecule has 4 heterocycles. The minimum absolute atomic E-state index is 0.0779. The van der Waals surface area contributed by atoms with E-state index in [2.05, 4.69) is 44.5 Å². The Balaban J connectivity index is 1.29. The van der Waals surface area contributed by atoms with Crippen LogP contribution in [0.1, 0.15) is 10.4 Å². The van der Waals surface area contributed by atoms with E-state index in [4.69, 9.17) is 9.72 Å². The van der Waals surface area contributed by atoms with Gasteiger partial charge in [-0.1, -0.05) is 12.1 Å². The second-order valence-corrected chi connectivity index (χ2v) is 9.32. The fourth-order valence-electron chi connectivity index (χ4n) is 4.79. The van der Waals surface area contributed by atoms with Gasteiger partial charge in [0.2, 0.25) is 0 Å². The Labute approximate surface area is 219 Å². The fraction of sp³-hybridized carbons (Fsp3) is 0.250. The molecular weight excluding hydrogens is 482 g/mol. The second-order valence-electron chi connectivity index (χ2n) is 9.32. The number of carbonyl (C=O) groups excluding carboxylic acids is 1. The van der Waals surface area contributed by atoms with E-state index in [1.807, 2.05) is 35.0 Å². The Morgan fingerprint density at radius 1 is 1.18 bits per heavy atom. The van der Waals surface area contributed by atoms with Crippen LogP contribution in [0.3, 0.4) is 0 Å². The number of morpholine rings is 1. The van der Waals surface area contributed by atoms with Crippen LogP contribution in [0, 0.1) is 0 Å². The summed E-state index contributed by atoms with van der Waals surface area (Å²) in [4.78, 5) is 29.2. The number of ether oxygens (including phenoxy) is 1. The predicted molar refractivity (Wildman–Crippen MR) is 147 cm³/mol. The third kappa shape index (κ3) is 4.55. The molecule has 0 bridgehead atoms. The van der Waals surface area contributed by atoms with E-state index in [0.29, 0.717) is 11.4 Å². The molecule has 1 amide bonds. The van der Waals surface area contributed by atoms with E-state index in [1.165, 1.54) is 10.6 Å². The number of hydrogen-bond donors (Lipinski definition) is 3. The van der Waals surface area contributed by atoms with E-state index in [9.17, 15) is 9.90 Å². The topological polar surface area (TPSA) is 111 Å². The lowest BCUT2D eigenvalue weighted by atomic mass is 10.1. The van der Waals surface area contributed by atoms with Crippen molar-refractivity contribution >= 4 is 39.6 Å². The van der Waals surface area contributed by atoms with Crippen LogP contribution in [-0.2, 0) is 4.74 Å². The number of rotatable bonds is 7. The van der Waals surface area contributed by atoms with Crippen LogP contribution in [0.5, 0.6) is 0 Å². The Morgan fingerprint density at radius 3 is 2.79 bits per heavy atom. The molecule has 38 heavy (non-hydrogen) atoms. The number of aromatic amines is 1. The SMILES string of the molecule is CN(CCO)C(=O)c1c[nH]c2cc(-c3cn4ccnc4c(Nc4ccc(N5CCOCC5)cc4)n3)ccc12. The summed E-state index contributed by atoms with van der Waals surface area (Å²) in [7, 11) is 1.68. The van der Waals surface area contributed by atoms with Crippen molar-refractivity contribution in [2.75, 3.05) is 56.7 Å². The highest BCUT2D eigenvalue weighted by Crippen LogP contribution is 2.29. The number of nitrogens with one attached hydrogen (secondary N) is 2. The summed E-state index contributed by atoms with van der Waals surface area (Å²) in [5.41, 5.74) is 5.91. The first-order chi connectivity index (χ1) is 18.6. The van der Waals surface area contributed by atoms with Gasteiger partial charge in [0.25, 0.3) is 5.91 Å². The number of carbonyl (C=O) groups is 1. The van der Waals surface area contributed by atoms with E-state index in [-0.39, 0.29) is 19.1 Å². The summed E-state index contributed by atoms with van der Waals surface area (Å²) in [6, 6.07) is 14.2. The maximum atomic E-state index is 12.8. The van der Waals surface area contributed by atoms with Gasteiger partial charge in [-0.3, -0.25) is 4.79 Å². The molecule has 1 fully saturated rings. The van der Waals surface area contributed by atoms with E-state index >= 15 is 0 Å². The zero-order valence-electron chi connectivity index (χ0n) is 21.1. The first kappa shape index (κ1) is 24.0. The lowest BCUT2D eigenvalue weighted by Gasteiger charge is -2.28. The predicted octanol–water partition coefficient (Wildman–Crippen LogP) is 3.52. The smallest absolute Gasteiger partial charge is 0.255 e. The first-order valence-electron chi connectivity index (χ1n) is 12.6. The molecule has 0 unspecified atom stereocenters. The highest BCUT2D eigenvalue weighted by atomic mass is 16.5. The Kier molecular flexibility index (Phi) is 6.40. The lowest BCUT2D eigenvalue weighted by Crippen LogP contribution is -2.36. The highest BCUT2D eigenvalue weighted by Gasteiger charge is 2.17. The molecule has 1 aliphatic rings. The molecule has 2 aromatic carbocycles. The number of aromatic nitrogens is 4. The third-order valence-electron chi connectivity index (χ3n) is 6.87. The number of imidazole rings is 1. The molecule has 5 aromatic rings. The van der Waals surface area contributed by atoms with Crippen molar-refractivity contribution < 1.29 is 14.6 Å². The molecule has 194 valence electrons. The molecule has 3 N–H and O–H groups in total. The summed E-state index contributed by atoms with van der Waals surface area (Å²) in [6.45, 7) is 3.49. The molecule has 6 rings (SSSR count). The molecule has 1 saturated heterocycles. The van der Waals surface area contributed by atoms with Gasteiger partial charge in [0.05, 0.1) is 31.1 Å². The number of H-pyrrole nitrogens is 1. The summed E-state index contributed by atoms with van der Waals surface area (Å²) < 4.78 is 7.41. The number of likely N-dealkylation sites (N-methyl/N-ethyl adjacent to an activating group) is 1. The Hall–Kier alpha value is -4.41. The van der Waals surface area contributed by atoms with Crippen LogP contribution in [0.2, 0.25) is 0 Å². The van der Waals surface area contributed by atoms with Gasteiger partial charge in [-0.2, -0.15) is 0 Å². The van der Waals surface area contributed by atoms with Gasteiger partial charge in [-0.25, -0.2) is 9.97 Å². The Bertz CT molecular complexity index is 1590. The van der Waals surface area contributed by atoms with Gasteiger partial charge in [0.1, 0.15) is 0 Å². The average Bonchev–Trinajstić information content (AvgIpc) is 3.61. The third-order valence-corrected chi connectivity index (χ3v) is 6.87. The lowest BCUT2D eigenvalue weighted by molar-refractivity contribution is 0.0769. The molecule has 0 saturated carbocycles. The first-order valence-corrected chi connectivity index (χ1v) is 12.6. The van der Waals surface area contributed by atoms with Crippen LogP contribution in [0.15, 0.2) is 67.3 Å². The van der Waals surface area contributed by atoms with E-state index in [0.717, 1.165) is 59.8 Å². The maximum Gasteiger partial charge on any atom is 0.255 e. The second kappa shape index (κ2) is 10.2. The minimum atomic E-state index is -0.137. The van der Waals surface area contributed by atoms with Crippen molar-refractivity contribution in [1.29, 1.82) is 0 Å². The number of benzene rings is 2. The molecular formula is C28H29N7O3. The van der Waals surface area contributed by atoms with Crippen molar-refractivity contribution in [2.45, 2.75) is 0 Å². The van der Waals surface area contributed by atoms with Crippen LogP contribution in [0.25, 0.3) is 27.8 Å². The zero-order chi connectivity index (χ0) is 26.1. The zero-order valence-corrected chi connectivity index (χ0v) is 21.1. The number of amides is 1. The van der Waals surface area contributed by atoms with Crippen molar-refractivity contribution in [3.63, 3.8) is 0 Å². The minimum Gasteiger partial charge on any atom is -0.395 e. The summed E-state index contributed by atoms with van der Waals surface area (Å²) in [6.07, 6.45) is 7.31. The standard InChI is InChI=1S/C28H29N7O3/c1-33(10-13-36)28(37)23-17-30-24-16-19(2-7-22(23)24)25-18-35-9-8-29-27(35)26(32-25)31-20-3-5-21(6-4-20)34-11-14-38-15-12-34/h2-9,16-18,30,36H,10-15H2,1H3,(H,31,32). The number of nitrogens with zero attached hydrogens (tertiary/aromatic N) is 5. The van der Waals surface area contributed by atoms with Crippen molar-refractivity contribution in [1.82, 2.24) is 24.3 Å². The molecule has 3 aromatic heterocycles. The number of hydrogen-bond acceptors (Lipinski definition) is 7. The Morgan fingerprint density at radius 2 is 2.00 bits per heavy atom. The van der Waals surface area contributed by atoms with Crippen LogP contribution in [0.4, 0.5) is 17.2 Å². The summed E-state index contributed by atoms with van der Waals surface area (Å²) in [5.74, 6) is 0.516. The summed E-state index contributed by atoms with van der Waals surface area (Å²) in [5, 5.41) is 13.4. The van der Waals surface area contributed by atoms with Crippen LogP contribution in [-0.4, -0.2) is 81.8 Å². The van der Waals surface area contributed by atoms with E-state index in [1.54, 1.807) is 19.4 Å². The number of fused-ring (bicyclic) bond motifs is 2. The monoisotopic (exact) mass is 511 g/mol. The molecule has 0 radical (unpaired) electrons. The van der Waals surface area contributed by atoms with Gasteiger partial charge < -0.3 is 34.3 Å². The molecule has 0 spiro atoms. The quantitative estimate of drug-likeness (QED) is 0.307. The average molecular weight is 512 g/mol. The van der Waals surface area contributed by atoms with Gasteiger partial charge in [-0.15, -0.1) is 0 Å². The summed E-state index contributed by atoms with van der Waals surface area (Å²) >= 11 is 0. The van der Waals surface area contributed by atoms with E-state index < -0.39 is 0 Å². The largest absolute Gasteiger partial charge is 0.395 e. The molecule has 0 aliphatic carbocycles. The van der Waals surface area contributed by atoms with Crippen LogP contribution < -0.4 is 10.2 Å². The van der Waals surface area contributed by atoms with Gasteiger partial charge in [0, 0.05) is 79.3 Å². The van der Waals surface area contributed by atoms with Crippen molar-refractivity contribution in [2.24, 2.45) is 0 Å². The van der Waals surface area contributed by atoms with Gasteiger partial charge in [0.15, 0.2) is 11.5 Å². The molecule has 10 nitrogen and oxygen atoms in total. The highest BCUT2D eigenvalue weighted by molar-refractivity contribution is 6.07. The van der Waals surface area contributed by atoms with Crippen molar-refractivity contribution in [3.8, 4) is 11.3 Å². The fourth-order valence-corrected chi connectivity index (χ4v) is 4.79. The van der Waals surface area contributed by atoms with Crippen LogP contribution >= 0.6 is 0 Å². The normalized spacial score (nSPS) is 13.8. The molecule has 0 atom stereocenters. The van der Waals surface area contributed by atoms with Crippen molar-refractivity contribution in [3.05, 3.63) is 72.8 Å². The number of anilines is 3. The number of aliphatic hydroxyl groups excluding tert-OH is 1.